The Morgan fingerprint density at radius 1 is 0.867 bits per heavy atom. The van der Waals surface area contributed by atoms with Crippen LogP contribution in [0.5, 0.6) is 5.75 Å². The maximum absolute atomic E-state index is 13.2. The number of rotatable bonds is 5. The summed E-state index contributed by atoms with van der Waals surface area (Å²) >= 11 is 0. The number of halogens is 2. The highest BCUT2D eigenvalue weighted by atomic mass is 19.1. The highest BCUT2D eigenvalue weighted by Crippen LogP contribution is 2.19. The van der Waals surface area contributed by atoms with Crippen molar-refractivity contribution in [3.8, 4) is 5.75 Å². The van der Waals surface area contributed by atoms with E-state index in [1.807, 2.05) is 0 Å². The molecule has 2 aromatic carbocycles. The minimum atomic E-state index is -0.330. The molecule has 1 aliphatic rings. The lowest BCUT2D eigenvalue weighted by atomic mass is 10.2. The second-order valence-corrected chi connectivity index (χ2v) is 7.12. The number of hydrogen-bond acceptors (Lipinski definition) is 4. The summed E-state index contributed by atoms with van der Waals surface area (Å²) in [4.78, 5) is 16.8. The lowest BCUT2D eigenvalue weighted by Crippen LogP contribution is -2.35. The molecule has 1 aromatic heterocycles. The number of ether oxygens (including phenoxy) is 1. The standard InChI is InChI=1S/C23H22F2N2O3/c24-17-2-6-19(7-3-17)26-12-1-13-27(15-14-26)23(28)22-11-10-21(30-22)16-29-20-8-4-18(25)5-9-20/h2-11H,1,12-16H2. The van der Waals surface area contributed by atoms with Gasteiger partial charge in [-0.3, -0.25) is 4.79 Å². The first kappa shape index (κ1) is 19.9. The van der Waals surface area contributed by atoms with E-state index >= 15 is 0 Å². The quantitative estimate of drug-likeness (QED) is 0.620. The zero-order chi connectivity index (χ0) is 20.9. The van der Waals surface area contributed by atoms with Gasteiger partial charge in [-0.25, -0.2) is 8.78 Å². The van der Waals surface area contributed by atoms with Crippen molar-refractivity contribution in [1.29, 1.82) is 0 Å². The summed E-state index contributed by atoms with van der Waals surface area (Å²) in [7, 11) is 0. The molecule has 0 radical (unpaired) electrons. The van der Waals surface area contributed by atoms with Crippen LogP contribution in [0.3, 0.4) is 0 Å². The summed E-state index contributed by atoms with van der Waals surface area (Å²) in [5.41, 5.74) is 0.948. The van der Waals surface area contributed by atoms with Gasteiger partial charge in [-0.1, -0.05) is 0 Å². The molecule has 1 aliphatic heterocycles. The zero-order valence-corrected chi connectivity index (χ0v) is 16.4. The third kappa shape index (κ3) is 4.79. The van der Waals surface area contributed by atoms with Crippen molar-refractivity contribution in [2.75, 3.05) is 31.1 Å². The normalized spacial score (nSPS) is 14.5. The van der Waals surface area contributed by atoms with Crippen molar-refractivity contribution in [2.45, 2.75) is 13.0 Å². The van der Waals surface area contributed by atoms with Gasteiger partial charge in [0.25, 0.3) is 5.91 Å². The monoisotopic (exact) mass is 412 g/mol. The molecule has 0 aliphatic carbocycles. The summed E-state index contributed by atoms with van der Waals surface area (Å²) in [6, 6.07) is 15.5. The molecule has 0 atom stereocenters. The Bertz CT molecular complexity index is 986. The molecule has 0 saturated carbocycles. The van der Waals surface area contributed by atoms with Crippen molar-refractivity contribution >= 4 is 11.6 Å². The number of anilines is 1. The van der Waals surface area contributed by atoms with Gasteiger partial charge >= 0.3 is 0 Å². The van der Waals surface area contributed by atoms with Crippen molar-refractivity contribution < 1.29 is 22.7 Å². The van der Waals surface area contributed by atoms with Crippen LogP contribution in [0.2, 0.25) is 0 Å². The number of hydrogen-bond donors (Lipinski definition) is 0. The fourth-order valence-electron chi connectivity index (χ4n) is 3.44. The highest BCUT2D eigenvalue weighted by Gasteiger charge is 2.23. The smallest absolute Gasteiger partial charge is 0.289 e. The summed E-state index contributed by atoms with van der Waals surface area (Å²) in [5.74, 6) is 0.553. The van der Waals surface area contributed by atoms with Crippen LogP contribution in [-0.2, 0) is 6.61 Å². The van der Waals surface area contributed by atoms with Gasteiger partial charge in [-0.2, -0.15) is 0 Å². The molecule has 30 heavy (non-hydrogen) atoms. The van der Waals surface area contributed by atoms with Crippen LogP contribution in [0, 0.1) is 11.6 Å². The topological polar surface area (TPSA) is 45.9 Å². The van der Waals surface area contributed by atoms with E-state index < -0.39 is 0 Å². The molecule has 1 amide bonds. The average Bonchev–Trinajstić information content (AvgIpc) is 3.10. The molecule has 3 aromatic rings. The molecule has 1 saturated heterocycles. The Morgan fingerprint density at radius 3 is 2.30 bits per heavy atom. The Hall–Kier alpha value is -3.35. The van der Waals surface area contributed by atoms with E-state index in [1.165, 1.54) is 36.4 Å². The van der Waals surface area contributed by atoms with Gasteiger partial charge in [0.15, 0.2) is 5.76 Å². The van der Waals surface area contributed by atoms with E-state index in [0.717, 1.165) is 18.7 Å². The first-order valence-corrected chi connectivity index (χ1v) is 9.85. The van der Waals surface area contributed by atoms with Crippen LogP contribution in [-0.4, -0.2) is 37.0 Å². The molecule has 0 unspecified atom stereocenters. The minimum Gasteiger partial charge on any atom is -0.486 e. The molecule has 0 spiro atoms. The minimum absolute atomic E-state index is 0.150. The molecular formula is C23H22F2N2O3. The Balaban J connectivity index is 1.34. The zero-order valence-electron chi connectivity index (χ0n) is 16.4. The number of carbonyl (C=O) groups excluding carboxylic acids is 1. The highest BCUT2D eigenvalue weighted by molar-refractivity contribution is 5.91. The van der Waals surface area contributed by atoms with Crippen molar-refractivity contribution in [1.82, 2.24) is 4.90 Å². The van der Waals surface area contributed by atoms with Gasteiger partial charge in [-0.15, -0.1) is 0 Å². The predicted molar refractivity (Wildman–Crippen MR) is 109 cm³/mol. The number of amides is 1. The molecule has 5 nitrogen and oxygen atoms in total. The number of benzene rings is 2. The van der Waals surface area contributed by atoms with E-state index in [4.69, 9.17) is 9.15 Å². The van der Waals surface area contributed by atoms with Crippen LogP contribution >= 0.6 is 0 Å². The van der Waals surface area contributed by atoms with E-state index in [9.17, 15) is 13.6 Å². The summed E-state index contributed by atoms with van der Waals surface area (Å²) in [5, 5.41) is 0. The third-order valence-electron chi connectivity index (χ3n) is 5.04. The lowest BCUT2D eigenvalue weighted by molar-refractivity contribution is 0.0731. The van der Waals surface area contributed by atoms with Crippen LogP contribution in [0.25, 0.3) is 0 Å². The van der Waals surface area contributed by atoms with E-state index in [-0.39, 0.29) is 29.9 Å². The number of furan rings is 1. The van der Waals surface area contributed by atoms with E-state index in [0.29, 0.717) is 31.1 Å². The van der Waals surface area contributed by atoms with E-state index in [1.54, 1.807) is 29.2 Å². The molecule has 7 heteroatoms. The fraction of sp³-hybridized carbons (Fsp3) is 0.261. The average molecular weight is 412 g/mol. The molecule has 0 N–H and O–H groups in total. The van der Waals surface area contributed by atoms with Crippen molar-refractivity contribution in [2.24, 2.45) is 0 Å². The fourth-order valence-corrected chi connectivity index (χ4v) is 3.44. The lowest BCUT2D eigenvalue weighted by Gasteiger charge is -2.23. The number of nitrogens with zero attached hydrogens (tertiary/aromatic N) is 2. The molecule has 4 rings (SSSR count). The van der Waals surface area contributed by atoms with Gasteiger partial charge in [0.05, 0.1) is 0 Å². The molecule has 156 valence electrons. The Labute approximate surface area is 173 Å². The maximum Gasteiger partial charge on any atom is 0.289 e. The van der Waals surface area contributed by atoms with Gasteiger partial charge in [0, 0.05) is 31.9 Å². The SMILES string of the molecule is O=C(c1ccc(COc2ccc(F)cc2)o1)N1CCCN(c2ccc(F)cc2)CC1. The van der Waals surface area contributed by atoms with Crippen LogP contribution < -0.4 is 9.64 Å². The summed E-state index contributed by atoms with van der Waals surface area (Å²) < 4.78 is 37.3. The van der Waals surface area contributed by atoms with Crippen LogP contribution in [0.1, 0.15) is 22.7 Å². The first-order valence-electron chi connectivity index (χ1n) is 9.85. The summed E-state index contributed by atoms with van der Waals surface area (Å²) in [6.45, 7) is 2.79. The van der Waals surface area contributed by atoms with Crippen molar-refractivity contribution in [3.05, 3.63) is 83.8 Å². The maximum atomic E-state index is 13.2. The van der Waals surface area contributed by atoms with Gasteiger partial charge in [0.2, 0.25) is 0 Å². The second-order valence-electron chi connectivity index (χ2n) is 7.12. The molecule has 0 bridgehead atoms. The van der Waals surface area contributed by atoms with Crippen LogP contribution in [0.4, 0.5) is 14.5 Å². The molecular weight excluding hydrogens is 390 g/mol. The van der Waals surface area contributed by atoms with Crippen molar-refractivity contribution in [3.63, 3.8) is 0 Å². The Morgan fingerprint density at radius 2 is 1.57 bits per heavy atom. The van der Waals surface area contributed by atoms with Gasteiger partial charge in [-0.05, 0) is 67.1 Å². The second kappa shape index (κ2) is 8.98. The van der Waals surface area contributed by atoms with Crippen LogP contribution in [0.15, 0.2) is 65.1 Å². The van der Waals surface area contributed by atoms with Gasteiger partial charge < -0.3 is 19.0 Å². The summed E-state index contributed by atoms with van der Waals surface area (Å²) in [6.07, 6.45) is 0.810. The van der Waals surface area contributed by atoms with E-state index in [2.05, 4.69) is 4.90 Å². The largest absolute Gasteiger partial charge is 0.486 e. The van der Waals surface area contributed by atoms with Gasteiger partial charge in [0.1, 0.15) is 29.8 Å². The molecule has 2 heterocycles. The first-order chi connectivity index (χ1) is 14.6. The molecule has 1 fully saturated rings. The number of carbonyl (C=O) groups is 1. The predicted octanol–water partition coefficient (Wildman–Crippen LogP) is 4.49. The Kier molecular flexibility index (Phi) is 5.97. The third-order valence-corrected chi connectivity index (χ3v) is 5.04.